The quantitative estimate of drug-likeness (QED) is 0.742. The van der Waals surface area contributed by atoms with E-state index in [0.717, 1.165) is 6.20 Å². The number of aromatic nitrogens is 2. The van der Waals surface area contributed by atoms with Crippen molar-refractivity contribution in [1.82, 2.24) is 15.3 Å². The van der Waals surface area contributed by atoms with Crippen LogP contribution in [0.4, 0.5) is 24.8 Å². The average molecular weight is 435 g/mol. The van der Waals surface area contributed by atoms with Crippen LogP contribution in [-0.2, 0) is 10.9 Å². The fourth-order valence-corrected chi connectivity index (χ4v) is 3.10. The molecule has 0 bridgehead atoms. The van der Waals surface area contributed by atoms with Gasteiger partial charge in [-0.2, -0.15) is 13.2 Å². The van der Waals surface area contributed by atoms with Crippen LogP contribution in [0.25, 0.3) is 0 Å². The van der Waals surface area contributed by atoms with Crippen molar-refractivity contribution in [2.75, 3.05) is 18.5 Å². The molecular formula is C17H15Cl2F3N4O2. The highest BCUT2D eigenvalue weighted by Gasteiger charge is 2.38. The van der Waals surface area contributed by atoms with Gasteiger partial charge in [-0.05, 0) is 31.0 Å². The van der Waals surface area contributed by atoms with E-state index in [1.165, 1.54) is 18.2 Å². The fraction of sp³-hybridized carbons (Fsp3) is 0.353. The van der Waals surface area contributed by atoms with Gasteiger partial charge in [0.15, 0.2) is 5.69 Å². The first-order chi connectivity index (χ1) is 13.2. The zero-order valence-electron chi connectivity index (χ0n) is 14.3. The van der Waals surface area contributed by atoms with Gasteiger partial charge >= 0.3 is 6.18 Å². The zero-order chi connectivity index (χ0) is 20.3. The number of nitrogens with one attached hydrogen (secondary N) is 2. The number of alkyl halides is 3. The van der Waals surface area contributed by atoms with Gasteiger partial charge in [0.1, 0.15) is 0 Å². The molecule has 2 heterocycles. The molecule has 1 aliphatic heterocycles. The first kappa shape index (κ1) is 20.6. The maximum atomic E-state index is 13.5. The normalized spacial score (nSPS) is 15.3. The highest BCUT2D eigenvalue weighted by molar-refractivity contribution is 6.36. The second-order valence-electron chi connectivity index (χ2n) is 6.06. The van der Waals surface area contributed by atoms with Gasteiger partial charge in [-0.3, -0.25) is 4.79 Å². The maximum Gasteiger partial charge on any atom is 0.434 e. The minimum absolute atomic E-state index is 0.186. The molecule has 0 radical (unpaired) electrons. The number of anilines is 2. The molecule has 0 spiro atoms. The van der Waals surface area contributed by atoms with Gasteiger partial charge in [0.25, 0.3) is 5.91 Å². The lowest BCUT2D eigenvalue weighted by molar-refractivity contribution is -0.141. The Morgan fingerprint density at radius 2 is 1.93 bits per heavy atom. The molecule has 1 saturated heterocycles. The fourth-order valence-electron chi connectivity index (χ4n) is 2.64. The Balaban J connectivity index is 1.86. The molecule has 2 N–H and O–H groups in total. The highest BCUT2D eigenvalue weighted by Crippen LogP contribution is 2.32. The SMILES string of the molecule is O=C(NC1CCOCC1)c1cnc(Nc2ccc(Cl)cc2Cl)nc1C(F)(F)F. The number of amides is 1. The van der Waals surface area contributed by atoms with Gasteiger partial charge in [0, 0.05) is 30.5 Å². The number of hydrogen-bond donors (Lipinski definition) is 2. The van der Waals surface area contributed by atoms with Gasteiger partial charge in [-0.25, -0.2) is 9.97 Å². The number of carbonyl (C=O) groups is 1. The van der Waals surface area contributed by atoms with Crippen molar-refractivity contribution in [2.24, 2.45) is 0 Å². The summed E-state index contributed by atoms with van der Waals surface area (Å²) in [7, 11) is 0. The lowest BCUT2D eigenvalue weighted by Crippen LogP contribution is -2.39. The number of ether oxygens (including phenoxy) is 1. The zero-order valence-corrected chi connectivity index (χ0v) is 15.8. The van der Waals surface area contributed by atoms with Crippen LogP contribution in [0.1, 0.15) is 28.9 Å². The van der Waals surface area contributed by atoms with Gasteiger partial charge in [-0.15, -0.1) is 0 Å². The largest absolute Gasteiger partial charge is 0.434 e. The second kappa shape index (κ2) is 8.50. The molecule has 1 fully saturated rings. The Bertz CT molecular complexity index is 874. The molecule has 28 heavy (non-hydrogen) atoms. The molecule has 150 valence electrons. The van der Waals surface area contributed by atoms with E-state index in [4.69, 9.17) is 27.9 Å². The Kier molecular flexibility index (Phi) is 6.26. The van der Waals surface area contributed by atoms with Crippen LogP contribution in [-0.4, -0.2) is 35.1 Å². The lowest BCUT2D eigenvalue weighted by Gasteiger charge is -2.23. The van der Waals surface area contributed by atoms with E-state index < -0.39 is 23.3 Å². The van der Waals surface area contributed by atoms with Gasteiger partial charge in [-0.1, -0.05) is 23.2 Å². The van der Waals surface area contributed by atoms with Crippen LogP contribution in [0.15, 0.2) is 24.4 Å². The van der Waals surface area contributed by atoms with E-state index in [1.807, 2.05) is 0 Å². The predicted molar refractivity (Wildman–Crippen MR) is 98.1 cm³/mol. The van der Waals surface area contributed by atoms with E-state index in [2.05, 4.69) is 20.6 Å². The lowest BCUT2D eigenvalue weighted by atomic mass is 10.1. The number of nitrogens with zero attached hydrogens (tertiary/aromatic N) is 2. The van der Waals surface area contributed by atoms with Crippen LogP contribution >= 0.6 is 23.2 Å². The molecule has 3 rings (SSSR count). The average Bonchev–Trinajstić information content (AvgIpc) is 2.64. The summed E-state index contributed by atoms with van der Waals surface area (Å²) in [4.78, 5) is 19.7. The van der Waals surface area contributed by atoms with Crippen LogP contribution in [0.2, 0.25) is 10.0 Å². The van der Waals surface area contributed by atoms with E-state index in [9.17, 15) is 18.0 Å². The van der Waals surface area contributed by atoms with Crippen molar-refractivity contribution in [3.8, 4) is 0 Å². The molecule has 1 aromatic heterocycles. The van der Waals surface area contributed by atoms with Gasteiger partial charge < -0.3 is 15.4 Å². The first-order valence-corrected chi connectivity index (χ1v) is 9.04. The molecular weight excluding hydrogens is 420 g/mol. The van der Waals surface area contributed by atoms with Crippen molar-refractivity contribution in [2.45, 2.75) is 25.1 Å². The van der Waals surface area contributed by atoms with Crippen molar-refractivity contribution >= 4 is 40.7 Å². The Labute approximate surface area is 168 Å². The third-order valence-corrected chi connectivity index (χ3v) is 4.58. The maximum absolute atomic E-state index is 13.5. The van der Waals surface area contributed by atoms with Crippen LogP contribution in [0, 0.1) is 0 Å². The summed E-state index contributed by atoms with van der Waals surface area (Å²) in [6, 6.07) is 4.16. The Hall–Kier alpha value is -2.10. The van der Waals surface area contributed by atoms with E-state index >= 15 is 0 Å². The molecule has 0 aliphatic carbocycles. The minimum atomic E-state index is -4.84. The molecule has 0 unspecified atom stereocenters. The van der Waals surface area contributed by atoms with Crippen LogP contribution in [0.5, 0.6) is 0 Å². The molecule has 6 nitrogen and oxygen atoms in total. The van der Waals surface area contributed by atoms with E-state index in [0.29, 0.717) is 31.1 Å². The number of hydrogen-bond acceptors (Lipinski definition) is 5. The standard InChI is InChI=1S/C17H15Cl2F3N4O2/c18-9-1-2-13(12(19)7-9)25-16-23-8-11(14(26-16)17(20,21)22)15(27)24-10-3-5-28-6-4-10/h1-2,7-8,10H,3-6H2,(H,24,27)(H,23,25,26). The number of rotatable bonds is 4. The first-order valence-electron chi connectivity index (χ1n) is 8.29. The molecule has 0 saturated carbocycles. The Morgan fingerprint density at radius 1 is 1.21 bits per heavy atom. The molecule has 1 aliphatic rings. The summed E-state index contributed by atoms with van der Waals surface area (Å²) in [6.45, 7) is 0.885. The summed E-state index contributed by atoms with van der Waals surface area (Å²) in [5, 5.41) is 5.73. The highest BCUT2D eigenvalue weighted by atomic mass is 35.5. The third kappa shape index (κ3) is 5.03. The summed E-state index contributed by atoms with van der Waals surface area (Å²) in [6.07, 6.45) is -2.94. The minimum Gasteiger partial charge on any atom is -0.381 e. The van der Waals surface area contributed by atoms with E-state index in [-0.39, 0.29) is 22.7 Å². The van der Waals surface area contributed by atoms with Crippen molar-refractivity contribution in [3.63, 3.8) is 0 Å². The summed E-state index contributed by atoms with van der Waals surface area (Å²) in [5.74, 6) is -1.23. The smallest absolute Gasteiger partial charge is 0.381 e. The summed E-state index contributed by atoms with van der Waals surface area (Å²) < 4.78 is 45.6. The number of benzene rings is 1. The van der Waals surface area contributed by atoms with Crippen molar-refractivity contribution < 1.29 is 22.7 Å². The monoisotopic (exact) mass is 434 g/mol. The topological polar surface area (TPSA) is 76.1 Å². The van der Waals surface area contributed by atoms with E-state index in [1.54, 1.807) is 0 Å². The van der Waals surface area contributed by atoms with Crippen molar-refractivity contribution in [1.29, 1.82) is 0 Å². The predicted octanol–water partition coefficient (Wildman–Crippen LogP) is 4.45. The third-order valence-electron chi connectivity index (χ3n) is 4.04. The van der Waals surface area contributed by atoms with Crippen LogP contribution in [0.3, 0.4) is 0 Å². The van der Waals surface area contributed by atoms with Crippen LogP contribution < -0.4 is 10.6 Å². The summed E-state index contributed by atoms with van der Waals surface area (Å²) in [5.41, 5.74) is -1.70. The van der Waals surface area contributed by atoms with Gasteiger partial charge in [0.05, 0.1) is 16.3 Å². The van der Waals surface area contributed by atoms with Crippen molar-refractivity contribution in [3.05, 3.63) is 45.7 Å². The number of halogens is 5. The van der Waals surface area contributed by atoms with Gasteiger partial charge in [0.2, 0.25) is 5.95 Å². The second-order valence-corrected chi connectivity index (χ2v) is 6.91. The Morgan fingerprint density at radius 3 is 2.57 bits per heavy atom. The molecule has 2 aromatic rings. The molecule has 11 heteroatoms. The molecule has 1 aromatic carbocycles. The molecule has 0 atom stereocenters. The molecule has 1 amide bonds. The number of carbonyl (C=O) groups excluding carboxylic acids is 1. The summed E-state index contributed by atoms with van der Waals surface area (Å²) >= 11 is 11.8.